The van der Waals surface area contributed by atoms with E-state index in [0.717, 1.165) is 23.7 Å². The largest absolute Gasteiger partial charge is 0.100 e. The minimum Gasteiger partial charge on any atom is -0.100 e. The number of hydrogen-bond acceptors (Lipinski definition) is 0. The lowest BCUT2D eigenvalue weighted by molar-refractivity contribution is -0.129. The number of hydrogen-bond donors (Lipinski definition) is 0. The molecule has 0 saturated heterocycles. The lowest BCUT2D eigenvalue weighted by atomic mass is 9.43. The van der Waals surface area contributed by atoms with Crippen LogP contribution in [0.25, 0.3) is 0 Å². The molecule has 0 aromatic carbocycles. The second-order valence-corrected chi connectivity index (χ2v) is 6.40. The van der Waals surface area contributed by atoms with E-state index in [2.05, 4.69) is 34.3 Å². The third-order valence-electron chi connectivity index (χ3n) is 5.03. The zero-order valence-corrected chi connectivity index (χ0v) is 10.1. The van der Waals surface area contributed by atoms with E-state index in [1.807, 2.05) is 0 Å². The molecule has 4 atom stereocenters. The molecule has 3 aliphatic rings. The van der Waals surface area contributed by atoms with Crippen molar-refractivity contribution in [3.05, 3.63) is 12.2 Å². The molecular weight excluding hydrogens is 168 g/mol. The van der Waals surface area contributed by atoms with Gasteiger partial charge < -0.3 is 0 Å². The summed E-state index contributed by atoms with van der Waals surface area (Å²) in [6, 6.07) is 0. The maximum atomic E-state index is 4.08. The van der Waals surface area contributed by atoms with Gasteiger partial charge in [-0.1, -0.05) is 26.3 Å². The van der Waals surface area contributed by atoms with E-state index in [1.165, 1.54) is 24.8 Å². The summed E-state index contributed by atoms with van der Waals surface area (Å²) < 4.78 is 0. The molecule has 0 spiro atoms. The average molecular weight is 192 g/mol. The molecule has 0 radical (unpaired) electrons. The molecule has 0 aliphatic heterocycles. The topological polar surface area (TPSA) is 0 Å². The Kier molecular flexibility index (Phi) is 2.28. The fourth-order valence-electron chi connectivity index (χ4n) is 3.95. The van der Waals surface area contributed by atoms with Gasteiger partial charge in [0, 0.05) is 0 Å². The quantitative estimate of drug-likeness (QED) is 0.573. The van der Waals surface area contributed by atoms with Gasteiger partial charge in [-0.05, 0) is 55.3 Å². The van der Waals surface area contributed by atoms with Crippen molar-refractivity contribution in [1.29, 1.82) is 0 Å². The fourth-order valence-corrected chi connectivity index (χ4v) is 3.95. The zero-order valence-electron chi connectivity index (χ0n) is 10.1. The van der Waals surface area contributed by atoms with Gasteiger partial charge in [-0.25, -0.2) is 0 Å². The minimum atomic E-state index is 0.632. The monoisotopic (exact) mass is 192 g/mol. The lowest BCUT2D eigenvalue weighted by Crippen LogP contribution is -2.55. The molecule has 0 amide bonds. The molecule has 3 fully saturated rings. The molecule has 14 heavy (non-hydrogen) atoms. The SMILES string of the molecule is C=C(C)CC1C(C)CC2CC1C2(C)C. The Morgan fingerprint density at radius 1 is 1.36 bits per heavy atom. The van der Waals surface area contributed by atoms with Crippen LogP contribution in [0.3, 0.4) is 0 Å². The lowest BCUT2D eigenvalue weighted by Gasteiger charge is -2.62. The normalized spacial score (nSPS) is 44.3. The summed E-state index contributed by atoms with van der Waals surface area (Å²) in [6.07, 6.45) is 4.22. The Bertz CT molecular complexity index is 249. The van der Waals surface area contributed by atoms with Gasteiger partial charge in [0.05, 0.1) is 0 Å². The molecule has 4 unspecified atom stereocenters. The molecule has 0 nitrogen and oxygen atoms in total. The van der Waals surface area contributed by atoms with Crippen LogP contribution in [0.1, 0.15) is 47.0 Å². The zero-order chi connectivity index (χ0) is 10.5. The molecule has 3 aliphatic carbocycles. The molecule has 0 heteroatoms. The molecule has 0 N–H and O–H groups in total. The van der Waals surface area contributed by atoms with Crippen LogP contribution in [0.15, 0.2) is 12.2 Å². The van der Waals surface area contributed by atoms with Crippen LogP contribution >= 0.6 is 0 Å². The van der Waals surface area contributed by atoms with Crippen LogP contribution in [0, 0.1) is 29.1 Å². The van der Waals surface area contributed by atoms with Gasteiger partial charge >= 0.3 is 0 Å². The van der Waals surface area contributed by atoms with Crippen molar-refractivity contribution >= 4 is 0 Å². The number of fused-ring (bicyclic) bond motifs is 2. The van der Waals surface area contributed by atoms with E-state index in [9.17, 15) is 0 Å². The Hall–Kier alpha value is -0.260. The van der Waals surface area contributed by atoms with Crippen LogP contribution < -0.4 is 0 Å². The van der Waals surface area contributed by atoms with Crippen molar-refractivity contribution in [2.75, 3.05) is 0 Å². The third-order valence-corrected chi connectivity index (χ3v) is 5.03. The molecule has 0 aromatic rings. The highest BCUT2D eigenvalue weighted by molar-refractivity contribution is 5.08. The van der Waals surface area contributed by atoms with Gasteiger partial charge in [-0.15, -0.1) is 6.58 Å². The van der Waals surface area contributed by atoms with E-state index in [0.29, 0.717) is 5.41 Å². The standard InChI is InChI=1S/C14H24/c1-9(2)6-12-10(3)7-11-8-13(12)14(11,4)5/h10-13H,1,6-8H2,2-5H3. The first kappa shape index (κ1) is 10.3. The van der Waals surface area contributed by atoms with E-state index in [1.54, 1.807) is 0 Å². The molecule has 0 aromatic heterocycles. The van der Waals surface area contributed by atoms with Crippen molar-refractivity contribution in [3.8, 4) is 0 Å². The molecule has 3 saturated carbocycles. The third kappa shape index (κ3) is 1.34. The van der Waals surface area contributed by atoms with Gasteiger partial charge in [0.25, 0.3) is 0 Å². The Morgan fingerprint density at radius 3 is 2.50 bits per heavy atom. The highest BCUT2D eigenvalue weighted by Gasteiger charge is 2.56. The van der Waals surface area contributed by atoms with E-state index < -0.39 is 0 Å². The van der Waals surface area contributed by atoms with Crippen molar-refractivity contribution in [2.45, 2.75) is 47.0 Å². The summed E-state index contributed by atoms with van der Waals surface area (Å²) in [7, 11) is 0. The fraction of sp³-hybridized carbons (Fsp3) is 0.857. The second-order valence-electron chi connectivity index (χ2n) is 6.40. The summed E-state index contributed by atoms with van der Waals surface area (Å²) in [4.78, 5) is 0. The molecule has 80 valence electrons. The molecular formula is C14H24. The predicted octanol–water partition coefficient (Wildman–Crippen LogP) is 4.27. The van der Waals surface area contributed by atoms with Gasteiger partial charge in [-0.2, -0.15) is 0 Å². The minimum absolute atomic E-state index is 0.632. The highest BCUT2D eigenvalue weighted by atomic mass is 14.6. The molecule has 2 bridgehead atoms. The van der Waals surface area contributed by atoms with Gasteiger partial charge in [0.15, 0.2) is 0 Å². The van der Waals surface area contributed by atoms with Crippen LogP contribution in [0.2, 0.25) is 0 Å². The van der Waals surface area contributed by atoms with Crippen LogP contribution in [0.5, 0.6) is 0 Å². The van der Waals surface area contributed by atoms with E-state index >= 15 is 0 Å². The van der Waals surface area contributed by atoms with Crippen molar-refractivity contribution < 1.29 is 0 Å². The maximum Gasteiger partial charge on any atom is -0.0292 e. The van der Waals surface area contributed by atoms with Crippen molar-refractivity contribution in [2.24, 2.45) is 29.1 Å². The Balaban J connectivity index is 2.11. The van der Waals surface area contributed by atoms with E-state index in [-0.39, 0.29) is 0 Å². The van der Waals surface area contributed by atoms with Crippen molar-refractivity contribution in [3.63, 3.8) is 0 Å². The van der Waals surface area contributed by atoms with E-state index in [4.69, 9.17) is 0 Å². The summed E-state index contributed by atoms with van der Waals surface area (Å²) in [5.41, 5.74) is 2.01. The average Bonchev–Trinajstić information content (AvgIpc) is 2.06. The summed E-state index contributed by atoms with van der Waals surface area (Å²) in [5.74, 6) is 3.85. The van der Waals surface area contributed by atoms with Crippen molar-refractivity contribution in [1.82, 2.24) is 0 Å². The number of rotatable bonds is 2. The Morgan fingerprint density at radius 2 is 2.00 bits per heavy atom. The second kappa shape index (κ2) is 3.12. The summed E-state index contributed by atoms with van der Waals surface area (Å²) >= 11 is 0. The van der Waals surface area contributed by atoms with Crippen LogP contribution in [0.4, 0.5) is 0 Å². The predicted molar refractivity (Wildman–Crippen MR) is 62.1 cm³/mol. The summed E-state index contributed by atoms with van der Waals surface area (Å²) in [6.45, 7) is 13.7. The highest BCUT2D eigenvalue weighted by Crippen LogP contribution is 2.63. The smallest absolute Gasteiger partial charge is 0.0292 e. The molecule has 3 rings (SSSR count). The van der Waals surface area contributed by atoms with Crippen LogP contribution in [-0.2, 0) is 0 Å². The first-order chi connectivity index (χ1) is 6.43. The summed E-state index contributed by atoms with van der Waals surface area (Å²) in [5, 5.41) is 0. The van der Waals surface area contributed by atoms with Gasteiger partial charge in [0.2, 0.25) is 0 Å². The van der Waals surface area contributed by atoms with Crippen LogP contribution in [-0.4, -0.2) is 0 Å². The maximum absolute atomic E-state index is 4.08. The number of allylic oxidation sites excluding steroid dienone is 1. The van der Waals surface area contributed by atoms with Gasteiger partial charge in [0.1, 0.15) is 0 Å². The Labute approximate surface area is 88.8 Å². The van der Waals surface area contributed by atoms with Gasteiger partial charge in [-0.3, -0.25) is 0 Å². The first-order valence-electron chi connectivity index (χ1n) is 6.07. The molecule has 0 heterocycles. The first-order valence-corrected chi connectivity index (χ1v) is 6.07.